The van der Waals surface area contributed by atoms with E-state index in [2.05, 4.69) is 33.0 Å². The van der Waals surface area contributed by atoms with Gasteiger partial charge in [0.05, 0.1) is 24.7 Å². The van der Waals surface area contributed by atoms with Gasteiger partial charge in [-0.3, -0.25) is 4.79 Å². The predicted molar refractivity (Wildman–Crippen MR) is 94.1 cm³/mol. The Kier molecular flexibility index (Phi) is 4.86. The van der Waals surface area contributed by atoms with Crippen LogP contribution in [0.5, 0.6) is 11.5 Å². The first-order chi connectivity index (χ1) is 11.2. The number of alkyl halides is 1. The zero-order valence-electron chi connectivity index (χ0n) is 12.9. The van der Waals surface area contributed by atoms with Gasteiger partial charge < -0.3 is 14.4 Å². The van der Waals surface area contributed by atoms with E-state index < -0.39 is 0 Å². The van der Waals surface area contributed by atoms with Crippen LogP contribution in [-0.2, 0) is 6.54 Å². The van der Waals surface area contributed by atoms with Crippen LogP contribution in [-0.4, -0.2) is 31.4 Å². The minimum absolute atomic E-state index is 0.0590. The molecular formula is C18H18BrNO3. The Morgan fingerprint density at radius 2 is 2.04 bits per heavy atom. The predicted octanol–water partition coefficient (Wildman–Crippen LogP) is 3.67. The van der Waals surface area contributed by atoms with Crippen molar-refractivity contribution in [2.24, 2.45) is 0 Å². The molecule has 0 fully saturated rings. The number of ketones is 1. The molecule has 120 valence electrons. The Morgan fingerprint density at radius 3 is 2.74 bits per heavy atom. The van der Waals surface area contributed by atoms with Gasteiger partial charge >= 0.3 is 0 Å². The summed E-state index contributed by atoms with van der Waals surface area (Å²) in [5, 5.41) is 0.321. The number of carbonyl (C=O) groups is 1. The average molecular weight is 376 g/mol. The van der Waals surface area contributed by atoms with E-state index in [4.69, 9.17) is 9.47 Å². The van der Waals surface area contributed by atoms with Crippen molar-refractivity contribution >= 4 is 27.4 Å². The normalized spacial score (nSPS) is 13.2. The number of anilines is 1. The summed E-state index contributed by atoms with van der Waals surface area (Å²) in [5.41, 5.74) is 2.91. The third-order valence-corrected chi connectivity index (χ3v) is 4.40. The minimum Gasteiger partial charge on any atom is -0.497 e. The fraction of sp³-hybridized carbons (Fsp3) is 0.278. The van der Waals surface area contributed by atoms with Gasteiger partial charge in [-0.25, -0.2) is 0 Å². The summed E-state index contributed by atoms with van der Waals surface area (Å²) in [4.78, 5) is 14.1. The Bertz CT molecular complexity index is 700. The topological polar surface area (TPSA) is 38.8 Å². The monoisotopic (exact) mass is 375 g/mol. The number of fused-ring (bicyclic) bond motifs is 1. The molecule has 5 heteroatoms. The molecule has 1 aliphatic heterocycles. The molecule has 0 atom stereocenters. The number of carbonyl (C=O) groups excluding carboxylic acids is 1. The Balaban J connectivity index is 1.81. The molecule has 4 nitrogen and oxygen atoms in total. The molecule has 0 N–H and O–H groups in total. The maximum absolute atomic E-state index is 11.8. The first-order valence-corrected chi connectivity index (χ1v) is 8.57. The molecule has 0 spiro atoms. The van der Waals surface area contributed by atoms with Crippen LogP contribution in [0, 0.1) is 0 Å². The summed E-state index contributed by atoms with van der Waals surface area (Å²) < 4.78 is 10.9. The SMILES string of the molecule is COc1ccc(CN2CCOc3cc(C(=O)CBr)ccc32)cc1. The molecule has 0 aliphatic carbocycles. The maximum atomic E-state index is 11.8. The summed E-state index contributed by atoms with van der Waals surface area (Å²) >= 11 is 3.20. The van der Waals surface area contributed by atoms with Crippen molar-refractivity contribution in [3.63, 3.8) is 0 Å². The number of rotatable bonds is 5. The van der Waals surface area contributed by atoms with Crippen LogP contribution >= 0.6 is 15.9 Å². The van der Waals surface area contributed by atoms with Crippen LogP contribution in [0.2, 0.25) is 0 Å². The van der Waals surface area contributed by atoms with Crippen molar-refractivity contribution in [3.05, 3.63) is 53.6 Å². The van der Waals surface area contributed by atoms with Crippen molar-refractivity contribution in [2.75, 3.05) is 30.5 Å². The standard InChI is InChI=1S/C18H18BrNO3/c1-22-15-5-2-13(3-6-15)12-20-8-9-23-18-10-14(17(21)11-19)4-7-16(18)20/h2-7,10H,8-9,11-12H2,1H3. The van der Waals surface area contributed by atoms with Crippen LogP contribution in [0.15, 0.2) is 42.5 Å². The second kappa shape index (κ2) is 7.04. The zero-order chi connectivity index (χ0) is 16.2. The lowest BCUT2D eigenvalue weighted by atomic mass is 10.1. The lowest BCUT2D eigenvalue weighted by Gasteiger charge is -2.31. The number of methoxy groups -OCH3 is 1. The van der Waals surface area contributed by atoms with Gasteiger partial charge in [0.1, 0.15) is 18.1 Å². The smallest absolute Gasteiger partial charge is 0.173 e. The van der Waals surface area contributed by atoms with Crippen molar-refractivity contribution < 1.29 is 14.3 Å². The van der Waals surface area contributed by atoms with Gasteiger partial charge in [-0.05, 0) is 35.9 Å². The van der Waals surface area contributed by atoms with Gasteiger partial charge in [0, 0.05) is 12.1 Å². The molecule has 3 rings (SSSR count). The first kappa shape index (κ1) is 15.9. The average Bonchev–Trinajstić information content (AvgIpc) is 2.61. The summed E-state index contributed by atoms with van der Waals surface area (Å²) in [6, 6.07) is 13.7. The molecule has 1 heterocycles. The van der Waals surface area contributed by atoms with E-state index in [-0.39, 0.29) is 5.78 Å². The Hall–Kier alpha value is -2.01. The lowest BCUT2D eigenvalue weighted by molar-refractivity contribution is 0.102. The van der Waals surface area contributed by atoms with Crippen molar-refractivity contribution in [1.29, 1.82) is 0 Å². The molecule has 0 bridgehead atoms. The summed E-state index contributed by atoms with van der Waals surface area (Å²) in [6.07, 6.45) is 0. The highest BCUT2D eigenvalue weighted by Gasteiger charge is 2.19. The quantitative estimate of drug-likeness (QED) is 0.590. The number of benzene rings is 2. The van der Waals surface area contributed by atoms with E-state index in [1.807, 2.05) is 30.3 Å². The van der Waals surface area contributed by atoms with Crippen LogP contribution in [0.4, 0.5) is 5.69 Å². The van der Waals surface area contributed by atoms with Gasteiger partial charge in [0.2, 0.25) is 0 Å². The molecule has 2 aromatic carbocycles. The molecule has 0 amide bonds. The van der Waals surface area contributed by atoms with Gasteiger partial charge in [-0.1, -0.05) is 28.1 Å². The lowest BCUT2D eigenvalue weighted by Crippen LogP contribution is -2.32. The Labute approximate surface area is 144 Å². The van der Waals surface area contributed by atoms with Crippen LogP contribution in [0.3, 0.4) is 0 Å². The van der Waals surface area contributed by atoms with Gasteiger partial charge in [-0.15, -0.1) is 0 Å². The second-order valence-corrected chi connectivity index (χ2v) is 5.92. The van der Waals surface area contributed by atoms with Crippen molar-refractivity contribution in [3.8, 4) is 11.5 Å². The third-order valence-electron chi connectivity index (χ3n) is 3.90. The molecule has 23 heavy (non-hydrogen) atoms. The minimum atomic E-state index is 0.0590. The number of halogens is 1. The number of hydrogen-bond acceptors (Lipinski definition) is 4. The molecule has 0 radical (unpaired) electrons. The fourth-order valence-electron chi connectivity index (χ4n) is 2.64. The largest absolute Gasteiger partial charge is 0.497 e. The fourth-order valence-corrected chi connectivity index (χ4v) is 2.97. The molecule has 0 saturated carbocycles. The van der Waals surface area contributed by atoms with E-state index >= 15 is 0 Å². The van der Waals surface area contributed by atoms with Crippen molar-refractivity contribution in [2.45, 2.75) is 6.54 Å². The first-order valence-electron chi connectivity index (χ1n) is 7.45. The van der Waals surface area contributed by atoms with Gasteiger partial charge in [-0.2, -0.15) is 0 Å². The molecule has 1 aliphatic rings. The molecule has 0 aromatic heterocycles. The van der Waals surface area contributed by atoms with Crippen LogP contribution in [0.1, 0.15) is 15.9 Å². The van der Waals surface area contributed by atoms with E-state index in [0.717, 1.165) is 30.3 Å². The highest BCUT2D eigenvalue weighted by atomic mass is 79.9. The molecule has 2 aromatic rings. The molecular weight excluding hydrogens is 358 g/mol. The zero-order valence-corrected chi connectivity index (χ0v) is 14.5. The summed E-state index contributed by atoms with van der Waals surface area (Å²) in [6.45, 7) is 2.24. The number of ether oxygens (including phenoxy) is 2. The number of hydrogen-bond donors (Lipinski definition) is 0. The number of nitrogens with zero attached hydrogens (tertiary/aromatic N) is 1. The number of Topliss-reactive ketones (excluding diaryl/α,β-unsaturated/α-hetero) is 1. The van der Waals surface area contributed by atoms with E-state index in [1.165, 1.54) is 5.56 Å². The Morgan fingerprint density at radius 1 is 1.26 bits per heavy atom. The third kappa shape index (κ3) is 3.50. The van der Waals surface area contributed by atoms with E-state index in [0.29, 0.717) is 17.5 Å². The van der Waals surface area contributed by atoms with Crippen LogP contribution < -0.4 is 14.4 Å². The van der Waals surface area contributed by atoms with Crippen LogP contribution in [0.25, 0.3) is 0 Å². The maximum Gasteiger partial charge on any atom is 0.173 e. The second-order valence-electron chi connectivity index (χ2n) is 5.36. The van der Waals surface area contributed by atoms with E-state index in [1.54, 1.807) is 7.11 Å². The highest BCUT2D eigenvalue weighted by Crippen LogP contribution is 2.33. The summed E-state index contributed by atoms with van der Waals surface area (Å²) in [5.74, 6) is 1.69. The molecule has 0 unspecified atom stereocenters. The van der Waals surface area contributed by atoms with Gasteiger partial charge in [0.15, 0.2) is 5.78 Å². The van der Waals surface area contributed by atoms with E-state index in [9.17, 15) is 4.79 Å². The van der Waals surface area contributed by atoms with Crippen molar-refractivity contribution in [1.82, 2.24) is 0 Å². The molecule has 0 saturated heterocycles. The highest BCUT2D eigenvalue weighted by molar-refractivity contribution is 9.09. The summed E-state index contributed by atoms with van der Waals surface area (Å²) in [7, 11) is 1.67. The van der Waals surface area contributed by atoms with Gasteiger partial charge in [0.25, 0.3) is 0 Å².